The van der Waals surface area contributed by atoms with Gasteiger partial charge in [-0.1, -0.05) is 78.9 Å². The number of carbonyl (C=O) groups excluding carboxylic acids is 8. The van der Waals surface area contributed by atoms with E-state index in [-0.39, 0.29) is 0 Å². The second-order valence-corrected chi connectivity index (χ2v) is 18.8. The Hall–Kier alpha value is -6.47. The fourth-order valence-corrected chi connectivity index (χ4v) is 11.3. The Morgan fingerprint density at radius 3 is 1.54 bits per heavy atom. The molecule has 376 valence electrons. The normalized spacial score (nSPS) is 26.0. The van der Waals surface area contributed by atoms with Crippen molar-refractivity contribution in [3.8, 4) is 0 Å². The average molecular weight is 993 g/mol. The molecule has 3 aliphatic rings. The predicted octanol–water partition coefficient (Wildman–Crippen LogP) is 2.74. The van der Waals surface area contributed by atoms with E-state index < -0.39 is 136 Å². The van der Waals surface area contributed by atoms with Crippen molar-refractivity contribution < 1.29 is 85.7 Å². The number of fused-ring (bicyclic) bond motifs is 1. The lowest BCUT2D eigenvalue weighted by Crippen LogP contribution is -2.69. The molecule has 2 saturated heterocycles. The summed E-state index contributed by atoms with van der Waals surface area (Å²) in [6.07, 6.45) is -14.4. The first kappa shape index (κ1) is 52.9. The first-order valence-electron chi connectivity index (χ1n) is 22.6. The number of esters is 7. The molecule has 1 aliphatic carbocycles. The van der Waals surface area contributed by atoms with Gasteiger partial charge in [0.25, 0.3) is 0 Å². The standard InChI is InChI=1S/C49H57N2O18P/c1-26(52)60-24-37-42(69-48-46(66-32(7)58)44(64-30(5)56)41(62-28(3)54)38(68-48)25-61-27(2)53)43(63-29(4)55)45(65-31(6)57)47(67-37)51-49(59)50-36-22-14-16-33-17-15-23-39(40(33)36)70(34-18-10-8-11-19-34)35-20-12-9-13-21-35/h8-13,15,17-21,23,36-38,41-48H,14,16,22,24-25H2,1-7H3,(H2,50,51,59)/t36?,37-,38-,41-,42-,43+,44+,45-,46-,47-,48+/m1/s1. The van der Waals surface area contributed by atoms with Crippen LogP contribution in [0.15, 0.2) is 78.9 Å². The average Bonchev–Trinajstić information content (AvgIpc) is 3.29. The summed E-state index contributed by atoms with van der Waals surface area (Å²) in [4.78, 5) is 102. The monoisotopic (exact) mass is 992 g/mol. The fourth-order valence-electron chi connectivity index (χ4n) is 8.74. The van der Waals surface area contributed by atoms with Gasteiger partial charge < -0.3 is 58.0 Å². The highest BCUT2D eigenvalue weighted by atomic mass is 31.1. The van der Waals surface area contributed by atoms with Crippen molar-refractivity contribution in [1.29, 1.82) is 0 Å². The van der Waals surface area contributed by atoms with Gasteiger partial charge in [-0.15, -0.1) is 0 Å². The molecule has 20 nitrogen and oxygen atoms in total. The van der Waals surface area contributed by atoms with Crippen molar-refractivity contribution in [3.05, 3.63) is 90.0 Å². The second-order valence-electron chi connectivity index (χ2n) is 16.6. The molecular formula is C49H57N2O18P. The van der Waals surface area contributed by atoms with Crippen LogP contribution >= 0.6 is 7.92 Å². The highest BCUT2D eigenvalue weighted by Crippen LogP contribution is 2.40. The molecule has 0 saturated carbocycles. The van der Waals surface area contributed by atoms with E-state index >= 15 is 0 Å². The van der Waals surface area contributed by atoms with Crippen molar-refractivity contribution >= 4 is 71.7 Å². The van der Waals surface area contributed by atoms with E-state index in [2.05, 4.69) is 41.0 Å². The van der Waals surface area contributed by atoms with Gasteiger partial charge >= 0.3 is 47.8 Å². The summed E-state index contributed by atoms with van der Waals surface area (Å²) >= 11 is 0. The zero-order valence-corrected chi connectivity index (χ0v) is 40.6. The topological polar surface area (TPSA) is 253 Å². The minimum absolute atomic E-state index is 0.507. The van der Waals surface area contributed by atoms with Gasteiger partial charge in [-0.2, -0.15) is 0 Å². The van der Waals surface area contributed by atoms with Gasteiger partial charge in [-0.3, -0.25) is 33.6 Å². The first-order chi connectivity index (χ1) is 33.4. The van der Waals surface area contributed by atoms with E-state index in [0.29, 0.717) is 6.42 Å². The van der Waals surface area contributed by atoms with Crippen molar-refractivity contribution in [2.75, 3.05) is 13.2 Å². The van der Waals surface area contributed by atoms with Crippen LogP contribution in [0.25, 0.3) is 0 Å². The summed E-state index contributed by atoms with van der Waals surface area (Å²) in [7, 11) is -1.08. The minimum atomic E-state index is -1.87. The zero-order valence-electron chi connectivity index (χ0n) is 39.7. The largest absolute Gasteiger partial charge is 0.463 e. The van der Waals surface area contributed by atoms with Crippen LogP contribution in [0, 0.1) is 0 Å². The van der Waals surface area contributed by atoms with Gasteiger partial charge in [0.15, 0.2) is 43.0 Å². The Balaban J connectivity index is 1.36. The van der Waals surface area contributed by atoms with Gasteiger partial charge in [0.2, 0.25) is 0 Å². The fraction of sp³-hybridized carbons (Fsp3) is 0.469. The number of ether oxygens (including phenoxy) is 10. The summed E-state index contributed by atoms with van der Waals surface area (Å²) in [6, 6.07) is 25.1. The lowest BCUT2D eigenvalue weighted by Gasteiger charge is -2.48. The maximum atomic E-state index is 14.4. The van der Waals surface area contributed by atoms with Crippen molar-refractivity contribution in [2.45, 2.75) is 135 Å². The number of hydrogen-bond donors (Lipinski definition) is 2. The number of benzene rings is 3. The molecule has 0 aromatic heterocycles. The lowest BCUT2D eigenvalue weighted by molar-refractivity contribution is -0.345. The van der Waals surface area contributed by atoms with Gasteiger partial charge in [0.1, 0.15) is 31.5 Å². The number of hydrogen-bond acceptors (Lipinski definition) is 18. The third-order valence-corrected chi connectivity index (χ3v) is 13.7. The quantitative estimate of drug-likeness (QED) is 0.119. The van der Waals surface area contributed by atoms with Gasteiger partial charge in [-0.25, -0.2) is 4.79 Å². The minimum Gasteiger partial charge on any atom is -0.463 e. The van der Waals surface area contributed by atoms with E-state index in [1.807, 2.05) is 48.5 Å². The molecule has 3 aromatic rings. The summed E-state index contributed by atoms with van der Waals surface area (Å²) < 4.78 is 57.7. The van der Waals surface area contributed by atoms with Gasteiger partial charge in [-0.05, 0) is 54.2 Å². The van der Waals surface area contributed by atoms with Crippen LogP contribution in [0.5, 0.6) is 0 Å². The molecule has 11 atom stereocenters. The molecule has 2 fully saturated rings. The molecule has 2 heterocycles. The maximum Gasteiger partial charge on any atom is 0.317 e. The molecule has 0 spiro atoms. The molecule has 70 heavy (non-hydrogen) atoms. The Labute approximate surface area is 405 Å². The Bertz CT molecular complexity index is 2330. The van der Waals surface area contributed by atoms with E-state index in [1.54, 1.807) is 0 Å². The molecular weight excluding hydrogens is 936 g/mol. The predicted molar refractivity (Wildman–Crippen MR) is 246 cm³/mol. The summed E-state index contributed by atoms with van der Waals surface area (Å²) in [5, 5.41) is 9.14. The molecule has 0 radical (unpaired) electrons. The number of aryl methyl sites for hydroxylation is 1. The molecule has 3 aromatic carbocycles. The third-order valence-electron chi connectivity index (χ3n) is 11.2. The van der Waals surface area contributed by atoms with E-state index in [4.69, 9.17) is 47.4 Å². The van der Waals surface area contributed by atoms with Crippen molar-refractivity contribution in [1.82, 2.24) is 10.6 Å². The van der Waals surface area contributed by atoms with E-state index in [1.165, 1.54) is 0 Å². The molecule has 2 N–H and O–H groups in total. The third kappa shape index (κ3) is 13.9. The van der Waals surface area contributed by atoms with Crippen LogP contribution in [-0.2, 0) is 87.4 Å². The highest BCUT2D eigenvalue weighted by molar-refractivity contribution is 7.79. The van der Waals surface area contributed by atoms with Gasteiger partial charge in [0.05, 0.1) is 6.04 Å². The molecule has 1 unspecified atom stereocenters. The van der Waals surface area contributed by atoms with Crippen LogP contribution < -0.4 is 26.5 Å². The highest BCUT2D eigenvalue weighted by Gasteiger charge is 2.57. The smallest absolute Gasteiger partial charge is 0.317 e. The summed E-state index contributed by atoms with van der Waals surface area (Å²) in [5.41, 5.74) is 2.03. The summed E-state index contributed by atoms with van der Waals surface area (Å²) in [5.74, 6) is -6.10. The maximum absolute atomic E-state index is 14.4. The van der Waals surface area contributed by atoms with Crippen LogP contribution in [0.1, 0.15) is 78.5 Å². The Kier molecular flexibility index (Phi) is 18.4. The number of rotatable bonds is 16. The number of nitrogens with one attached hydrogen (secondary N) is 2. The van der Waals surface area contributed by atoms with E-state index in [9.17, 15) is 38.4 Å². The SMILES string of the molecule is CC(=O)OC[C@H]1O[C@@H](NC(=O)NC2CCCc3cccc(P(c4ccccc4)c4ccccc4)c32)[C@H](OC(C)=O)[C@@H](OC(C)=O)[C@@H]1O[C@@H]1O[C@H](COC(C)=O)[C@@H](OC(C)=O)[C@H](OC(C)=O)[C@H]1OC(C)=O. The molecule has 6 rings (SSSR count). The molecule has 2 amide bonds. The van der Waals surface area contributed by atoms with Crippen LogP contribution in [0.4, 0.5) is 4.79 Å². The second kappa shape index (κ2) is 24.4. The van der Waals surface area contributed by atoms with Crippen molar-refractivity contribution in [2.24, 2.45) is 0 Å². The van der Waals surface area contributed by atoms with Crippen LogP contribution in [0.3, 0.4) is 0 Å². The van der Waals surface area contributed by atoms with Gasteiger partial charge in [0, 0.05) is 48.5 Å². The van der Waals surface area contributed by atoms with Crippen LogP contribution in [-0.4, -0.2) is 122 Å². The Morgan fingerprint density at radius 1 is 0.529 bits per heavy atom. The molecule has 2 aliphatic heterocycles. The molecule has 0 bridgehead atoms. The first-order valence-corrected chi connectivity index (χ1v) is 23.9. The number of carbonyl (C=O) groups is 8. The number of amides is 2. The Morgan fingerprint density at radius 2 is 1.01 bits per heavy atom. The van der Waals surface area contributed by atoms with Crippen LogP contribution in [0.2, 0.25) is 0 Å². The lowest BCUT2D eigenvalue weighted by atomic mass is 9.87. The zero-order chi connectivity index (χ0) is 50.6. The number of urea groups is 1. The summed E-state index contributed by atoms with van der Waals surface area (Å²) in [6.45, 7) is 6.23. The van der Waals surface area contributed by atoms with E-state index in [0.717, 1.165) is 88.3 Å². The van der Waals surface area contributed by atoms with Crippen molar-refractivity contribution in [3.63, 3.8) is 0 Å². The molecule has 21 heteroatoms.